The van der Waals surface area contributed by atoms with Crippen LogP contribution in [0.15, 0.2) is 60.8 Å². The number of aryl methyl sites for hydroxylation is 1. The molecule has 0 bridgehead atoms. The number of rotatable bonds is 5. The van der Waals surface area contributed by atoms with E-state index in [1.165, 1.54) is 11.3 Å². The first kappa shape index (κ1) is 22.5. The zero-order valence-electron chi connectivity index (χ0n) is 19.5. The summed E-state index contributed by atoms with van der Waals surface area (Å²) in [5, 5.41) is 16.7. The lowest BCUT2D eigenvalue weighted by molar-refractivity contribution is 0.0878. The number of nitrogens with one attached hydrogen (secondary N) is 2. The second-order valence-electron chi connectivity index (χ2n) is 9.02. The van der Waals surface area contributed by atoms with Crippen LogP contribution < -0.4 is 20.3 Å². The third kappa shape index (κ3) is 3.86. The van der Waals surface area contributed by atoms with E-state index in [1.807, 2.05) is 55.5 Å². The Balaban J connectivity index is 1.35. The van der Waals surface area contributed by atoms with Gasteiger partial charge in [0.2, 0.25) is 0 Å². The number of thiophene rings is 1. The van der Waals surface area contributed by atoms with Crippen molar-refractivity contribution in [2.75, 3.05) is 10.2 Å². The van der Waals surface area contributed by atoms with E-state index in [-0.39, 0.29) is 18.0 Å². The number of hydrogen-bond donors (Lipinski definition) is 3. The molecule has 182 valence electrons. The molecule has 2 aliphatic rings. The Labute approximate surface area is 211 Å². The van der Waals surface area contributed by atoms with Gasteiger partial charge in [-0.3, -0.25) is 9.69 Å². The molecule has 1 aliphatic heterocycles. The predicted octanol–water partition coefficient (Wildman–Crippen LogP) is 5.72. The van der Waals surface area contributed by atoms with Gasteiger partial charge < -0.3 is 20.5 Å². The monoisotopic (exact) mass is 500 g/mol. The van der Waals surface area contributed by atoms with Crippen LogP contribution in [0.2, 0.25) is 0 Å². The van der Waals surface area contributed by atoms with Crippen molar-refractivity contribution in [3.63, 3.8) is 0 Å². The average Bonchev–Trinajstić information content (AvgIpc) is 3.45. The highest BCUT2D eigenvalue weighted by Crippen LogP contribution is 2.46. The van der Waals surface area contributed by atoms with Crippen LogP contribution in [0.25, 0.3) is 10.2 Å². The van der Waals surface area contributed by atoms with Crippen molar-refractivity contribution in [1.82, 2.24) is 10.3 Å². The van der Waals surface area contributed by atoms with E-state index in [4.69, 9.17) is 4.74 Å². The highest BCUT2D eigenvalue weighted by molar-refractivity contribution is 7.21. The molecule has 2 aromatic heterocycles. The molecular weight excluding hydrogens is 476 g/mol. The Hall–Kier alpha value is -3.95. The fourth-order valence-corrected chi connectivity index (χ4v) is 5.92. The van der Waals surface area contributed by atoms with Gasteiger partial charge in [0.15, 0.2) is 0 Å². The molecule has 2 aromatic carbocycles. The van der Waals surface area contributed by atoms with Gasteiger partial charge in [-0.1, -0.05) is 18.2 Å². The van der Waals surface area contributed by atoms with Crippen LogP contribution >= 0.6 is 11.3 Å². The van der Waals surface area contributed by atoms with Crippen molar-refractivity contribution >= 4 is 50.6 Å². The second-order valence-corrected chi connectivity index (χ2v) is 10.0. The fraction of sp³-hybridized carbons (Fsp3) is 0.222. The fourth-order valence-electron chi connectivity index (χ4n) is 4.89. The Morgan fingerprint density at radius 2 is 1.97 bits per heavy atom. The first-order valence-corrected chi connectivity index (χ1v) is 12.7. The number of amides is 3. The van der Waals surface area contributed by atoms with E-state index in [0.717, 1.165) is 29.5 Å². The Bertz CT molecular complexity index is 1490. The molecule has 36 heavy (non-hydrogen) atoms. The van der Waals surface area contributed by atoms with Gasteiger partial charge in [0.1, 0.15) is 21.2 Å². The first-order valence-electron chi connectivity index (χ1n) is 11.8. The molecule has 3 N–H and O–H groups in total. The topological polar surface area (TPSA) is 104 Å². The van der Waals surface area contributed by atoms with E-state index in [2.05, 4.69) is 15.6 Å². The number of urea groups is 1. The second kappa shape index (κ2) is 8.92. The van der Waals surface area contributed by atoms with Crippen LogP contribution in [0, 0.1) is 6.92 Å². The van der Waals surface area contributed by atoms with Crippen LogP contribution in [-0.2, 0) is 0 Å². The third-order valence-corrected chi connectivity index (χ3v) is 7.73. The van der Waals surface area contributed by atoms with E-state index >= 15 is 0 Å². The van der Waals surface area contributed by atoms with Crippen molar-refractivity contribution in [3.8, 4) is 11.5 Å². The summed E-state index contributed by atoms with van der Waals surface area (Å²) < 4.78 is 5.94. The molecule has 9 heteroatoms. The Kier molecular flexibility index (Phi) is 5.58. The number of carbonyl (C=O) groups is 2. The molecule has 3 amide bonds. The number of hydrogen-bond acceptors (Lipinski definition) is 6. The van der Waals surface area contributed by atoms with Crippen molar-refractivity contribution < 1.29 is 19.4 Å². The predicted molar refractivity (Wildman–Crippen MR) is 140 cm³/mol. The number of benzene rings is 2. The molecule has 3 heterocycles. The summed E-state index contributed by atoms with van der Waals surface area (Å²) >= 11 is 1.24. The van der Waals surface area contributed by atoms with Gasteiger partial charge in [0, 0.05) is 6.20 Å². The summed E-state index contributed by atoms with van der Waals surface area (Å²) in [7, 11) is 0. The van der Waals surface area contributed by atoms with Crippen molar-refractivity contribution in [1.29, 1.82) is 0 Å². The Morgan fingerprint density at radius 3 is 2.72 bits per heavy atom. The van der Waals surface area contributed by atoms with E-state index in [1.54, 1.807) is 17.2 Å². The lowest BCUT2D eigenvalue weighted by Crippen LogP contribution is -2.40. The van der Waals surface area contributed by atoms with Crippen LogP contribution in [0.3, 0.4) is 0 Å². The van der Waals surface area contributed by atoms with E-state index in [0.29, 0.717) is 38.9 Å². The minimum absolute atomic E-state index is 0.280. The maximum absolute atomic E-state index is 13.4. The Morgan fingerprint density at radius 1 is 1.14 bits per heavy atom. The molecule has 0 saturated heterocycles. The van der Waals surface area contributed by atoms with E-state index in [9.17, 15) is 14.7 Å². The lowest BCUT2D eigenvalue weighted by atomic mass is 10.1. The number of aliphatic hydroxyl groups excluding tert-OH is 1. The summed E-state index contributed by atoms with van der Waals surface area (Å²) in [5.41, 5.74) is 2.69. The normalized spacial score (nSPS) is 18.8. The number of ether oxygens (including phenoxy) is 1. The summed E-state index contributed by atoms with van der Waals surface area (Å²) in [6, 6.07) is 16.2. The molecule has 1 aliphatic carbocycles. The molecule has 2 atom stereocenters. The highest BCUT2D eigenvalue weighted by atomic mass is 32.1. The van der Waals surface area contributed by atoms with Crippen LogP contribution in [-0.4, -0.2) is 34.2 Å². The smallest absolute Gasteiger partial charge is 0.331 e. The van der Waals surface area contributed by atoms with Crippen molar-refractivity contribution in [2.24, 2.45) is 0 Å². The molecule has 4 aromatic rings. The van der Waals surface area contributed by atoms with Crippen LogP contribution in [0.5, 0.6) is 11.5 Å². The van der Waals surface area contributed by atoms with Crippen molar-refractivity contribution in [3.05, 3.63) is 71.2 Å². The molecule has 6 rings (SSSR count). The van der Waals surface area contributed by atoms with Crippen LogP contribution in [0.1, 0.15) is 34.5 Å². The van der Waals surface area contributed by atoms with Gasteiger partial charge in [0.25, 0.3) is 5.91 Å². The molecule has 0 radical (unpaired) electrons. The van der Waals surface area contributed by atoms with Crippen LogP contribution in [0.4, 0.5) is 21.9 Å². The maximum atomic E-state index is 13.4. The number of nitrogens with zero attached hydrogens (tertiary/aromatic N) is 2. The van der Waals surface area contributed by atoms with Gasteiger partial charge in [-0.15, -0.1) is 11.3 Å². The highest BCUT2D eigenvalue weighted by Gasteiger charge is 2.35. The maximum Gasteiger partial charge on any atom is 0.331 e. The largest absolute Gasteiger partial charge is 0.457 e. The molecule has 1 unspecified atom stereocenters. The van der Waals surface area contributed by atoms with Crippen molar-refractivity contribution in [2.45, 2.75) is 38.3 Å². The van der Waals surface area contributed by atoms with Gasteiger partial charge in [-0.2, -0.15) is 0 Å². The number of aromatic nitrogens is 1. The molecule has 1 saturated carbocycles. The standard InChI is InChI=1S/C27H24N4O4S/c1-15-14-17(35-16-6-3-2-4-7-16)10-11-19(15)31-20-12-13-28-26-22(20)23(30-27(31)34)24(36-26)25(33)29-18-8-5-9-21(18)32/h2-4,6-7,10-14,18,21,32H,5,8-9H2,1H3,(H,29,33)(H,30,34)/t18?,21-/m1/s1. The molecule has 8 nitrogen and oxygen atoms in total. The molecule has 0 spiro atoms. The van der Waals surface area contributed by atoms with Gasteiger partial charge in [-0.25, -0.2) is 9.78 Å². The SMILES string of the molecule is Cc1cc(Oc2ccccc2)ccc1N1C(=O)Nc2c(C(=O)NC3CCC[C@H]3O)sc3nccc1c23. The lowest BCUT2D eigenvalue weighted by Gasteiger charge is -2.29. The number of aliphatic hydroxyl groups is 1. The minimum atomic E-state index is -0.546. The number of anilines is 3. The quantitative estimate of drug-likeness (QED) is 0.325. The summed E-state index contributed by atoms with van der Waals surface area (Å²) in [4.78, 5) is 33.6. The van der Waals surface area contributed by atoms with Gasteiger partial charge >= 0.3 is 6.03 Å². The average molecular weight is 501 g/mol. The van der Waals surface area contributed by atoms with Gasteiger partial charge in [-0.05, 0) is 68.1 Å². The third-order valence-electron chi connectivity index (χ3n) is 6.64. The number of carbonyl (C=O) groups excluding carboxylic acids is 2. The number of pyridine rings is 1. The summed E-state index contributed by atoms with van der Waals surface area (Å²) in [6.07, 6.45) is 3.39. The summed E-state index contributed by atoms with van der Waals surface area (Å²) in [5.74, 6) is 1.09. The first-order chi connectivity index (χ1) is 17.5. The molecule has 1 fully saturated rings. The van der Waals surface area contributed by atoms with E-state index < -0.39 is 6.10 Å². The number of para-hydroxylation sites is 1. The zero-order valence-corrected chi connectivity index (χ0v) is 20.3. The summed E-state index contributed by atoms with van der Waals surface area (Å²) in [6.45, 7) is 1.92. The van der Waals surface area contributed by atoms with Gasteiger partial charge in [0.05, 0.1) is 34.6 Å². The molecular formula is C27H24N4O4S. The zero-order chi connectivity index (χ0) is 24.8. The minimum Gasteiger partial charge on any atom is -0.457 e.